The third-order valence-corrected chi connectivity index (χ3v) is 4.81. The molecule has 7 heteroatoms. The highest BCUT2D eigenvalue weighted by Crippen LogP contribution is 2.18. The van der Waals surface area contributed by atoms with Crippen LogP contribution in [0.2, 0.25) is 0 Å². The summed E-state index contributed by atoms with van der Waals surface area (Å²) in [5.74, 6) is -1.55. The lowest BCUT2D eigenvalue weighted by Gasteiger charge is -2.17. The second kappa shape index (κ2) is 7.68. The summed E-state index contributed by atoms with van der Waals surface area (Å²) in [6.45, 7) is 3.82. The molecule has 0 saturated carbocycles. The van der Waals surface area contributed by atoms with E-state index in [1.165, 1.54) is 0 Å². The number of carbonyl (C=O) groups is 4. The van der Waals surface area contributed by atoms with Crippen molar-refractivity contribution in [3.8, 4) is 0 Å². The molecule has 5 amide bonds. The Morgan fingerprint density at radius 2 is 1.58 bits per heavy atom. The van der Waals surface area contributed by atoms with Crippen molar-refractivity contribution < 1.29 is 19.2 Å². The Morgan fingerprint density at radius 1 is 0.962 bits per heavy atom. The monoisotopic (exact) mass is 357 g/mol. The van der Waals surface area contributed by atoms with E-state index < -0.39 is 17.8 Å². The largest absolute Gasteiger partial charge is 0.339 e. The summed E-state index contributed by atoms with van der Waals surface area (Å²) in [5.41, 5.74) is 1.30. The number of likely N-dealkylation sites (tertiary alicyclic amines) is 1. The summed E-state index contributed by atoms with van der Waals surface area (Å²) in [4.78, 5) is 52.6. The van der Waals surface area contributed by atoms with E-state index in [-0.39, 0.29) is 19.0 Å². The van der Waals surface area contributed by atoms with Gasteiger partial charge in [-0.15, -0.1) is 0 Å². The molecule has 3 rings (SSSR count). The van der Waals surface area contributed by atoms with Crippen LogP contribution in [0.1, 0.15) is 48.5 Å². The number of rotatable bonds is 6. The molecule has 2 fully saturated rings. The van der Waals surface area contributed by atoms with Crippen LogP contribution in [0.25, 0.3) is 0 Å². The molecule has 0 N–H and O–H groups in total. The van der Waals surface area contributed by atoms with Crippen LogP contribution in [-0.2, 0) is 16.1 Å². The minimum absolute atomic E-state index is 0.00305. The van der Waals surface area contributed by atoms with Crippen LogP contribution in [0.3, 0.4) is 0 Å². The van der Waals surface area contributed by atoms with Gasteiger partial charge in [-0.1, -0.05) is 25.5 Å². The minimum atomic E-state index is -0.789. The summed E-state index contributed by atoms with van der Waals surface area (Å²) in [6, 6.07) is 6.30. The average Bonchev–Trinajstić information content (AvgIpc) is 3.25. The fraction of sp³-hybridized carbons (Fsp3) is 0.474. The summed E-state index contributed by atoms with van der Waals surface area (Å²) in [7, 11) is 0. The summed E-state index contributed by atoms with van der Waals surface area (Å²) >= 11 is 0. The second-order valence-corrected chi connectivity index (χ2v) is 6.68. The van der Waals surface area contributed by atoms with Crippen molar-refractivity contribution in [1.29, 1.82) is 0 Å². The topological polar surface area (TPSA) is 78.0 Å². The summed E-state index contributed by atoms with van der Waals surface area (Å²) in [5, 5.41) is 0. The number of benzene rings is 1. The Bertz CT molecular complexity index is 723. The SMILES string of the molecule is CCCCN1C(=O)C(=O)N(Cc2ccc(C(=O)N3CCCC3)cc2)C1=O. The van der Waals surface area contributed by atoms with Gasteiger partial charge in [0.25, 0.3) is 5.91 Å². The lowest BCUT2D eigenvalue weighted by molar-refractivity contribution is -0.143. The van der Waals surface area contributed by atoms with E-state index in [0.717, 1.165) is 42.2 Å². The van der Waals surface area contributed by atoms with E-state index in [1.54, 1.807) is 24.3 Å². The number of amides is 5. The van der Waals surface area contributed by atoms with E-state index in [2.05, 4.69) is 0 Å². The first-order valence-corrected chi connectivity index (χ1v) is 9.08. The molecule has 0 aliphatic carbocycles. The Morgan fingerprint density at radius 3 is 2.19 bits per heavy atom. The third-order valence-electron chi connectivity index (χ3n) is 4.81. The van der Waals surface area contributed by atoms with Crippen molar-refractivity contribution in [2.75, 3.05) is 19.6 Å². The number of hydrogen-bond donors (Lipinski definition) is 0. The zero-order valence-electron chi connectivity index (χ0n) is 14.9. The highest BCUT2D eigenvalue weighted by Gasteiger charge is 2.43. The molecule has 2 aliphatic rings. The molecule has 1 aromatic rings. The molecular formula is C19H23N3O4. The van der Waals surface area contributed by atoms with Crippen LogP contribution in [0.4, 0.5) is 4.79 Å². The first kappa shape index (κ1) is 18.1. The van der Waals surface area contributed by atoms with Gasteiger partial charge in [-0.25, -0.2) is 4.79 Å². The number of carbonyl (C=O) groups excluding carboxylic acids is 4. The molecule has 2 aliphatic heterocycles. The lowest BCUT2D eigenvalue weighted by atomic mass is 10.1. The number of hydrogen-bond acceptors (Lipinski definition) is 4. The van der Waals surface area contributed by atoms with Crippen molar-refractivity contribution in [3.05, 3.63) is 35.4 Å². The zero-order valence-corrected chi connectivity index (χ0v) is 14.9. The number of unbranched alkanes of at least 4 members (excludes halogenated alkanes) is 1. The van der Waals surface area contributed by atoms with Gasteiger partial charge >= 0.3 is 17.8 Å². The minimum Gasteiger partial charge on any atom is -0.339 e. The van der Waals surface area contributed by atoms with Crippen molar-refractivity contribution in [3.63, 3.8) is 0 Å². The Kier molecular flexibility index (Phi) is 5.35. The highest BCUT2D eigenvalue weighted by molar-refractivity contribution is 6.44. The molecule has 138 valence electrons. The summed E-state index contributed by atoms with van der Waals surface area (Å²) < 4.78 is 0. The number of nitrogens with zero attached hydrogens (tertiary/aromatic N) is 3. The molecular weight excluding hydrogens is 334 g/mol. The van der Waals surface area contributed by atoms with E-state index in [4.69, 9.17) is 0 Å². The number of urea groups is 1. The highest BCUT2D eigenvalue weighted by atomic mass is 16.2. The fourth-order valence-electron chi connectivity index (χ4n) is 3.24. The normalized spacial score (nSPS) is 17.6. The van der Waals surface area contributed by atoms with Gasteiger partial charge in [0, 0.05) is 25.2 Å². The molecule has 0 radical (unpaired) electrons. The van der Waals surface area contributed by atoms with Crippen molar-refractivity contribution in [2.24, 2.45) is 0 Å². The molecule has 2 saturated heterocycles. The first-order valence-electron chi connectivity index (χ1n) is 9.08. The van der Waals surface area contributed by atoms with E-state index in [0.29, 0.717) is 17.5 Å². The van der Waals surface area contributed by atoms with Crippen LogP contribution >= 0.6 is 0 Å². The molecule has 2 heterocycles. The zero-order chi connectivity index (χ0) is 18.7. The molecule has 0 aromatic heterocycles. The van der Waals surface area contributed by atoms with Gasteiger partial charge in [-0.05, 0) is 37.0 Å². The van der Waals surface area contributed by atoms with Gasteiger partial charge in [0.1, 0.15) is 0 Å². The maximum absolute atomic E-state index is 12.3. The summed E-state index contributed by atoms with van der Waals surface area (Å²) in [6.07, 6.45) is 3.57. The van der Waals surface area contributed by atoms with Crippen LogP contribution < -0.4 is 0 Å². The standard InChI is InChI=1S/C19H23N3O4/c1-2-3-12-21-17(24)18(25)22(19(21)26)13-14-6-8-15(9-7-14)16(23)20-10-4-5-11-20/h6-9H,2-5,10-13H2,1H3. The molecule has 0 spiro atoms. The number of imide groups is 2. The maximum Gasteiger partial charge on any atom is 0.334 e. The molecule has 7 nitrogen and oxygen atoms in total. The van der Waals surface area contributed by atoms with Gasteiger partial charge in [-0.3, -0.25) is 24.2 Å². The predicted octanol–water partition coefficient (Wildman–Crippen LogP) is 2.01. The van der Waals surface area contributed by atoms with Gasteiger partial charge in [-0.2, -0.15) is 0 Å². The van der Waals surface area contributed by atoms with Gasteiger partial charge in [0.2, 0.25) is 0 Å². The molecule has 0 atom stereocenters. The lowest BCUT2D eigenvalue weighted by Crippen LogP contribution is -2.33. The van der Waals surface area contributed by atoms with Crippen LogP contribution in [-0.4, -0.2) is 58.1 Å². The molecule has 0 unspecified atom stereocenters. The van der Waals surface area contributed by atoms with Gasteiger partial charge in [0.15, 0.2) is 0 Å². The molecule has 1 aromatic carbocycles. The van der Waals surface area contributed by atoms with Crippen molar-refractivity contribution in [2.45, 2.75) is 39.2 Å². The maximum atomic E-state index is 12.3. The van der Waals surface area contributed by atoms with Crippen LogP contribution in [0, 0.1) is 0 Å². The van der Waals surface area contributed by atoms with Crippen LogP contribution in [0.5, 0.6) is 0 Å². The predicted molar refractivity (Wildman–Crippen MR) is 94.1 cm³/mol. The van der Waals surface area contributed by atoms with Crippen molar-refractivity contribution in [1.82, 2.24) is 14.7 Å². The van der Waals surface area contributed by atoms with E-state index in [9.17, 15) is 19.2 Å². The molecule has 26 heavy (non-hydrogen) atoms. The molecule has 0 bridgehead atoms. The fourth-order valence-corrected chi connectivity index (χ4v) is 3.24. The van der Waals surface area contributed by atoms with E-state index in [1.807, 2.05) is 11.8 Å². The van der Waals surface area contributed by atoms with Gasteiger partial charge in [0.05, 0.1) is 6.54 Å². The van der Waals surface area contributed by atoms with Gasteiger partial charge < -0.3 is 4.90 Å². The van der Waals surface area contributed by atoms with E-state index >= 15 is 0 Å². The van der Waals surface area contributed by atoms with Crippen molar-refractivity contribution >= 4 is 23.8 Å². The Labute approximate surface area is 152 Å². The smallest absolute Gasteiger partial charge is 0.334 e. The third kappa shape index (κ3) is 3.47. The average molecular weight is 357 g/mol. The first-order chi connectivity index (χ1) is 12.5. The van der Waals surface area contributed by atoms with Crippen LogP contribution in [0.15, 0.2) is 24.3 Å². The Balaban J connectivity index is 1.67. The quantitative estimate of drug-likeness (QED) is 0.576. The Hall–Kier alpha value is -2.70. The second-order valence-electron chi connectivity index (χ2n) is 6.68.